The van der Waals surface area contributed by atoms with Gasteiger partial charge in [-0.2, -0.15) is 0 Å². The summed E-state index contributed by atoms with van der Waals surface area (Å²) in [6.45, 7) is 0.533. The van der Waals surface area contributed by atoms with E-state index in [9.17, 15) is 9.59 Å². The Bertz CT molecular complexity index is 970. The van der Waals surface area contributed by atoms with Crippen molar-refractivity contribution in [2.24, 2.45) is 0 Å². The minimum atomic E-state index is -0.206. The molecular weight excluding hydrogens is 346 g/mol. The Morgan fingerprint density at radius 2 is 1.65 bits per heavy atom. The maximum absolute atomic E-state index is 12.3. The first-order valence-electron chi connectivity index (χ1n) is 8.33. The highest BCUT2D eigenvalue weighted by molar-refractivity contribution is 7.99. The van der Waals surface area contributed by atoms with Gasteiger partial charge in [0.2, 0.25) is 11.3 Å². The van der Waals surface area contributed by atoms with Gasteiger partial charge in [-0.25, -0.2) is 0 Å². The predicted octanol–water partition coefficient (Wildman–Crippen LogP) is 4.01. The SMILES string of the molecule is O=C(CCN1c2ccccc2Sc2ccccc21)Nc1c[nH]ccc1=O. The van der Waals surface area contributed by atoms with Crippen molar-refractivity contribution < 1.29 is 4.79 Å². The number of rotatable bonds is 4. The number of nitrogens with zero attached hydrogens (tertiary/aromatic N) is 1. The number of benzene rings is 2. The van der Waals surface area contributed by atoms with E-state index in [1.807, 2.05) is 24.3 Å². The minimum absolute atomic E-state index is 0.185. The van der Waals surface area contributed by atoms with E-state index in [1.54, 1.807) is 11.8 Å². The lowest BCUT2D eigenvalue weighted by atomic mass is 10.2. The molecule has 0 atom stereocenters. The highest BCUT2D eigenvalue weighted by atomic mass is 32.2. The molecule has 130 valence electrons. The van der Waals surface area contributed by atoms with Crippen LogP contribution in [0.15, 0.2) is 81.6 Å². The highest BCUT2D eigenvalue weighted by Crippen LogP contribution is 2.47. The van der Waals surface area contributed by atoms with Crippen molar-refractivity contribution in [2.75, 3.05) is 16.8 Å². The summed E-state index contributed by atoms with van der Waals surface area (Å²) in [5.41, 5.74) is 2.26. The zero-order valence-electron chi connectivity index (χ0n) is 13.9. The molecule has 4 rings (SSSR count). The van der Waals surface area contributed by atoms with Crippen molar-refractivity contribution in [1.82, 2.24) is 4.98 Å². The van der Waals surface area contributed by atoms with Crippen LogP contribution in [-0.2, 0) is 4.79 Å². The molecule has 0 unspecified atom stereocenters. The van der Waals surface area contributed by atoms with Crippen LogP contribution < -0.4 is 15.6 Å². The maximum atomic E-state index is 12.3. The van der Waals surface area contributed by atoms with Crippen LogP contribution in [0.4, 0.5) is 17.1 Å². The first-order valence-corrected chi connectivity index (χ1v) is 9.14. The van der Waals surface area contributed by atoms with Gasteiger partial charge in [-0.05, 0) is 24.3 Å². The number of carbonyl (C=O) groups is 1. The minimum Gasteiger partial charge on any atom is -0.366 e. The summed E-state index contributed by atoms with van der Waals surface area (Å²) in [4.78, 5) is 31.4. The molecule has 5 nitrogen and oxygen atoms in total. The zero-order chi connectivity index (χ0) is 17.9. The van der Waals surface area contributed by atoms with Gasteiger partial charge < -0.3 is 15.2 Å². The van der Waals surface area contributed by atoms with Crippen molar-refractivity contribution in [1.29, 1.82) is 0 Å². The second-order valence-corrected chi connectivity index (χ2v) is 6.99. The van der Waals surface area contributed by atoms with Crippen LogP contribution in [0.1, 0.15) is 6.42 Å². The summed E-state index contributed by atoms with van der Waals surface area (Å²) in [7, 11) is 0. The normalized spacial score (nSPS) is 12.2. The molecule has 0 radical (unpaired) electrons. The Morgan fingerprint density at radius 3 is 2.31 bits per heavy atom. The molecule has 0 fully saturated rings. The van der Waals surface area contributed by atoms with E-state index in [4.69, 9.17) is 0 Å². The third-order valence-electron chi connectivity index (χ3n) is 4.19. The molecule has 26 heavy (non-hydrogen) atoms. The van der Waals surface area contributed by atoms with Crippen molar-refractivity contribution in [2.45, 2.75) is 16.2 Å². The summed E-state index contributed by atoms with van der Waals surface area (Å²) in [5, 5.41) is 2.68. The number of nitrogens with one attached hydrogen (secondary N) is 2. The molecule has 0 spiro atoms. The summed E-state index contributed by atoms with van der Waals surface area (Å²) in [6, 6.07) is 17.8. The maximum Gasteiger partial charge on any atom is 0.226 e. The predicted molar refractivity (Wildman–Crippen MR) is 104 cm³/mol. The van der Waals surface area contributed by atoms with Gasteiger partial charge in [-0.15, -0.1) is 0 Å². The summed E-state index contributed by atoms with van der Waals surface area (Å²) in [6.07, 6.45) is 3.32. The van der Waals surface area contributed by atoms with Gasteiger partial charge in [0.1, 0.15) is 5.69 Å². The first-order chi connectivity index (χ1) is 12.7. The molecular formula is C20H17N3O2S. The van der Waals surface area contributed by atoms with E-state index < -0.39 is 0 Å². The Labute approximate surface area is 155 Å². The number of pyridine rings is 1. The second kappa shape index (κ2) is 7.09. The van der Waals surface area contributed by atoms with Crippen LogP contribution in [0, 0.1) is 0 Å². The van der Waals surface area contributed by atoms with E-state index >= 15 is 0 Å². The van der Waals surface area contributed by atoms with Crippen LogP contribution >= 0.6 is 11.8 Å². The van der Waals surface area contributed by atoms with Crippen LogP contribution in [0.25, 0.3) is 0 Å². The molecule has 1 aliphatic rings. The fourth-order valence-electron chi connectivity index (χ4n) is 2.96. The number of aromatic nitrogens is 1. The molecule has 6 heteroatoms. The van der Waals surface area contributed by atoms with Crippen LogP contribution in [0.5, 0.6) is 0 Å². The zero-order valence-corrected chi connectivity index (χ0v) is 14.8. The highest BCUT2D eigenvalue weighted by Gasteiger charge is 2.23. The van der Waals surface area contributed by atoms with Gasteiger partial charge in [-0.1, -0.05) is 36.0 Å². The van der Waals surface area contributed by atoms with Crippen molar-refractivity contribution in [3.8, 4) is 0 Å². The number of amides is 1. The molecule has 0 aliphatic carbocycles. The summed E-state index contributed by atoms with van der Waals surface area (Å²) >= 11 is 1.74. The van der Waals surface area contributed by atoms with E-state index in [0.717, 1.165) is 11.4 Å². The lowest BCUT2D eigenvalue weighted by molar-refractivity contribution is -0.116. The molecule has 2 aromatic carbocycles. The lowest BCUT2D eigenvalue weighted by Gasteiger charge is -2.32. The van der Waals surface area contributed by atoms with Gasteiger partial charge >= 0.3 is 0 Å². The number of H-pyrrole nitrogens is 1. The smallest absolute Gasteiger partial charge is 0.226 e. The molecule has 1 aromatic heterocycles. The molecule has 0 saturated heterocycles. The van der Waals surface area contributed by atoms with Crippen molar-refractivity contribution in [3.63, 3.8) is 0 Å². The first kappa shape index (κ1) is 16.5. The molecule has 3 aromatic rings. The number of para-hydroxylation sites is 2. The van der Waals surface area contributed by atoms with Crippen molar-refractivity contribution >= 4 is 34.7 Å². The van der Waals surface area contributed by atoms with E-state index in [1.165, 1.54) is 28.3 Å². The largest absolute Gasteiger partial charge is 0.366 e. The fraction of sp³-hybridized carbons (Fsp3) is 0.100. The van der Waals surface area contributed by atoms with Gasteiger partial charge in [0.25, 0.3) is 0 Å². The van der Waals surface area contributed by atoms with E-state index in [-0.39, 0.29) is 23.4 Å². The number of aromatic amines is 1. The van der Waals surface area contributed by atoms with Gasteiger partial charge in [0.05, 0.1) is 11.4 Å². The molecule has 0 saturated carbocycles. The third kappa shape index (κ3) is 3.23. The van der Waals surface area contributed by atoms with E-state index in [0.29, 0.717) is 6.54 Å². The topological polar surface area (TPSA) is 65.2 Å². The molecule has 0 bridgehead atoms. The number of hydrogen-bond donors (Lipinski definition) is 2. The van der Waals surface area contributed by atoms with Gasteiger partial charge in [0, 0.05) is 41.2 Å². The summed E-state index contributed by atoms with van der Waals surface area (Å²) in [5.74, 6) is -0.185. The molecule has 2 N–H and O–H groups in total. The van der Waals surface area contributed by atoms with Crippen molar-refractivity contribution in [3.05, 3.63) is 77.2 Å². The average Bonchev–Trinajstić information content (AvgIpc) is 2.67. The Kier molecular flexibility index (Phi) is 4.50. The molecule has 1 amide bonds. The number of hydrogen-bond acceptors (Lipinski definition) is 4. The van der Waals surface area contributed by atoms with Crippen LogP contribution in [0.3, 0.4) is 0 Å². The standard InChI is InChI=1S/C20H17N3O2S/c24-17-9-11-21-13-14(17)22-20(25)10-12-23-15-5-1-3-7-18(15)26-19-8-4-2-6-16(19)23/h1-9,11,13H,10,12H2,(H,21,24)(H,22,25). The van der Waals surface area contributed by atoms with E-state index in [2.05, 4.69) is 39.5 Å². The van der Waals surface area contributed by atoms with Gasteiger partial charge in [0.15, 0.2) is 0 Å². The fourth-order valence-corrected chi connectivity index (χ4v) is 4.06. The Morgan fingerprint density at radius 1 is 1.00 bits per heavy atom. The lowest BCUT2D eigenvalue weighted by Crippen LogP contribution is -2.26. The number of carbonyl (C=O) groups excluding carboxylic acids is 1. The van der Waals surface area contributed by atoms with Gasteiger partial charge in [-0.3, -0.25) is 9.59 Å². The second-order valence-electron chi connectivity index (χ2n) is 5.91. The Balaban J connectivity index is 1.54. The monoisotopic (exact) mass is 363 g/mol. The average molecular weight is 363 g/mol. The quantitative estimate of drug-likeness (QED) is 0.735. The molecule has 1 aliphatic heterocycles. The summed E-state index contributed by atoms with van der Waals surface area (Å²) < 4.78 is 0. The third-order valence-corrected chi connectivity index (χ3v) is 5.32. The van der Waals surface area contributed by atoms with Crippen LogP contribution in [-0.4, -0.2) is 17.4 Å². The molecule has 2 heterocycles. The van der Waals surface area contributed by atoms with Crippen LogP contribution in [0.2, 0.25) is 0 Å². The number of anilines is 3. The Hall–Kier alpha value is -2.99. The number of fused-ring (bicyclic) bond motifs is 2.